The van der Waals surface area contributed by atoms with E-state index in [-0.39, 0.29) is 0 Å². The molecule has 0 N–H and O–H groups in total. The van der Waals surface area contributed by atoms with E-state index in [0.29, 0.717) is 0 Å². The summed E-state index contributed by atoms with van der Waals surface area (Å²) in [4.78, 5) is 2.49. The fraction of sp³-hybridized carbons (Fsp3) is 0.0175. The Morgan fingerprint density at radius 1 is 0.305 bits per heavy atom. The molecule has 10 aromatic carbocycles. The third-order valence-electron chi connectivity index (χ3n) is 12.5. The van der Waals surface area contributed by atoms with Crippen molar-refractivity contribution in [3.8, 4) is 44.9 Å². The molecule has 10 aromatic rings. The summed E-state index contributed by atoms with van der Waals surface area (Å²) < 4.78 is 6.66. The van der Waals surface area contributed by atoms with E-state index in [1.807, 2.05) is 0 Å². The third-order valence-corrected chi connectivity index (χ3v) is 12.5. The molecule has 0 amide bonds. The molecule has 1 aliphatic carbocycles. The zero-order valence-electron chi connectivity index (χ0n) is 32.2. The van der Waals surface area contributed by atoms with Crippen LogP contribution in [-0.4, -0.2) is 0 Å². The van der Waals surface area contributed by atoms with Crippen LogP contribution in [0.2, 0.25) is 0 Å². The Morgan fingerprint density at radius 2 is 0.780 bits per heavy atom. The maximum Gasteiger partial charge on any atom is 0.132 e. The summed E-state index contributed by atoms with van der Waals surface area (Å²) >= 11 is 0. The number of hydrogen-bond donors (Lipinski definition) is 0. The van der Waals surface area contributed by atoms with Crippen molar-refractivity contribution in [3.05, 3.63) is 247 Å². The Bertz CT molecular complexity index is 3230. The minimum atomic E-state index is -0.557. The number of rotatable bonds is 5. The van der Waals surface area contributed by atoms with Crippen molar-refractivity contribution >= 4 is 38.6 Å². The average Bonchev–Trinajstić information content (AvgIpc) is 3.59. The fourth-order valence-electron chi connectivity index (χ4n) is 10.1. The Morgan fingerprint density at radius 3 is 1.53 bits per heavy atom. The van der Waals surface area contributed by atoms with Crippen molar-refractivity contribution in [1.82, 2.24) is 0 Å². The molecule has 2 nitrogen and oxygen atoms in total. The Kier molecular flexibility index (Phi) is 7.48. The predicted molar refractivity (Wildman–Crippen MR) is 244 cm³/mol. The van der Waals surface area contributed by atoms with Crippen molar-refractivity contribution in [2.75, 3.05) is 4.90 Å². The van der Waals surface area contributed by atoms with Crippen LogP contribution in [0, 0.1) is 0 Å². The number of hydrogen-bond acceptors (Lipinski definition) is 2. The van der Waals surface area contributed by atoms with Crippen molar-refractivity contribution in [3.63, 3.8) is 0 Å². The fourth-order valence-corrected chi connectivity index (χ4v) is 10.1. The third kappa shape index (κ3) is 4.93. The molecule has 1 spiro atoms. The summed E-state index contributed by atoms with van der Waals surface area (Å²) in [6.07, 6.45) is 0. The zero-order valence-corrected chi connectivity index (χ0v) is 32.2. The maximum absolute atomic E-state index is 6.66. The molecule has 0 atom stereocenters. The predicted octanol–water partition coefficient (Wildman–Crippen LogP) is 15.3. The molecular formula is C57H37NO. The first-order chi connectivity index (χ1) is 29.3. The lowest BCUT2D eigenvalue weighted by atomic mass is 9.66. The van der Waals surface area contributed by atoms with E-state index in [4.69, 9.17) is 4.74 Å². The Hall–Kier alpha value is -7.68. The quantitative estimate of drug-likeness (QED) is 0.174. The molecule has 0 fully saturated rings. The van der Waals surface area contributed by atoms with Crippen LogP contribution in [0.15, 0.2) is 224 Å². The lowest BCUT2D eigenvalue weighted by molar-refractivity contribution is 0.436. The van der Waals surface area contributed by atoms with E-state index in [1.54, 1.807) is 0 Å². The SMILES string of the molecule is c1ccc2c(c1)Oc1ccccc1C21c2ccccc2-c2ccc(-c3ccccc3N(c3ccccc3-c3cccc4ccccc34)c3cccc4ccccc34)cc21. The van der Waals surface area contributed by atoms with E-state index in [1.165, 1.54) is 54.9 Å². The summed E-state index contributed by atoms with van der Waals surface area (Å²) in [5.41, 5.74) is 14.9. The zero-order chi connectivity index (χ0) is 38.9. The second-order valence-corrected chi connectivity index (χ2v) is 15.5. The molecule has 1 heterocycles. The van der Waals surface area contributed by atoms with Gasteiger partial charge in [-0.3, -0.25) is 0 Å². The number of nitrogens with zero attached hydrogens (tertiary/aromatic N) is 1. The van der Waals surface area contributed by atoms with Crippen molar-refractivity contribution in [1.29, 1.82) is 0 Å². The molecule has 0 saturated heterocycles. The minimum Gasteiger partial charge on any atom is -0.457 e. The Labute approximate surface area is 343 Å². The number of anilines is 3. The van der Waals surface area contributed by atoms with Gasteiger partial charge in [0.05, 0.1) is 22.5 Å². The van der Waals surface area contributed by atoms with Gasteiger partial charge in [-0.05, 0) is 85.9 Å². The van der Waals surface area contributed by atoms with Crippen LogP contribution in [0.3, 0.4) is 0 Å². The van der Waals surface area contributed by atoms with Gasteiger partial charge in [0.1, 0.15) is 11.5 Å². The van der Waals surface area contributed by atoms with Crippen LogP contribution >= 0.6 is 0 Å². The summed E-state index contributed by atoms with van der Waals surface area (Å²) in [5, 5.41) is 4.84. The van der Waals surface area contributed by atoms with Gasteiger partial charge in [0.25, 0.3) is 0 Å². The highest BCUT2D eigenvalue weighted by molar-refractivity contribution is 6.06. The van der Waals surface area contributed by atoms with E-state index >= 15 is 0 Å². The maximum atomic E-state index is 6.66. The molecule has 12 rings (SSSR count). The molecule has 1 aliphatic heterocycles. The lowest BCUT2D eigenvalue weighted by Crippen LogP contribution is -2.32. The van der Waals surface area contributed by atoms with Gasteiger partial charge in [0.15, 0.2) is 0 Å². The normalized spacial score (nSPS) is 13.0. The molecular weight excluding hydrogens is 715 g/mol. The van der Waals surface area contributed by atoms with Crippen LogP contribution in [0.1, 0.15) is 22.3 Å². The van der Waals surface area contributed by atoms with E-state index in [2.05, 4.69) is 229 Å². The van der Waals surface area contributed by atoms with Gasteiger partial charge in [-0.2, -0.15) is 0 Å². The molecule has 2 heteroatoms. The van der Waals surface area contributed by atoms with Gasteiger partial charge < -0.3 is 9.64 Å². The molecule has 0 aromatic heterocycles. The van der Waals surface area contributed by atoms with Crippen LogP contribution in [-0.2, 0) is 5.41 Å². The second-order valence-electron chi connectivity index (χ2n) is 15.5. The first-order valence-electron chi connectivity index (χ1n) is 20.3. The van der Waals surface area contributed by atoms with Gasteiger partial charge >= 0.3 is 0 Å². The first kappa shape index (κ1) is 33.5. The van der Waals surface area contributed by atoms with Crippen molar-refractivity contribution in [2.45, 2.75) is 5.41 Å². The van der Waals surface area contributed by atoms with Gasteiger partial charge in [0, 0.05) is 27.6 Å². The van der Waals surface area contributed by atoms with Gasteiger partial charge in [0.2, 0.25) is 0 Å². The molecule has 276 valence electrons. The molecule has 0 radical (unpaired) electrons. The highest BCUT2D eigenvalue weighted by Crippen LogP contribution is 2.62. The first-order valence-corrected chi connectivity index (χ1v) is 20.3. The van der Waals surface area contributed by atoms with Gasteiger partial charge in [-0.15, -0.1) is 0 Å². The molecule has 2 aliphatic rings. The summed E-state index contributed by atoms with van der Waals surface area (Å²) in [5.74, 6) is 1.79. The second kappa shape index (κ2) is 13.2. The number of fused-ring (bicyclic) bond motifs is 11. The highest BCUT2D eigenvalue weighted by atomic mass is 16.5. The van der Waals surface area contributed by atoms with E-state index in [9.17, 15) is 0 Å². The van der Waals surface area contributed by atoms with E-state index in [0.717, 1.165) is 50.8 Å². The largest absolute Gasteiger partial charge is 0.457 e. The Balaban J connectivity index is 1.13. The molecule has 0 unspecified atom stereocenters. The van der Waals surface area contributed by atoms with E-state index < -0.39 is 5.41 Å². The van der Waals surface area contributed by atoms with Crippen molar-refractivity contribution < 1.29 is 4.74 Å². The number of benzene rings is 10. The minimum absolute atomic E-state index is 0.557. The van der Waals surface area contributed by atoms with Crippen LogP contribution < -0.4 is 9.64 Å². The number of ether oxygens (including phenoxy) is 1. The smallest absolute Gasteiger partial charge is 0.132 e. The molecule has 59 heavy (non-hydrogen) atoms. The number of para-hydroxylation sites is 4. The summed E-state index contributed by atoms with van der Waals surface area (Å²) in [6.45, 7) is 0. The van der Waals surface area contributed by atoms with Crippen LogP contribution in [0.25, 0.3) is 54.9 Å². The van der Waals surface area contributed by atoms with Gasteiger partial charge in [-0.25, -0.2) is 0 Å². The van der Waals surface area contributed by atoms with Crippen LogP contribution in [0.4, 0.5) is 17.1 Å². The molecule has 0 bridgehead atoms. The summed E-state index contributed by atoms with van der Waals surface area (Å²) in [7, 11) is 0. The standard InChI is InChI=1S/C57H37NO/c1-3-21-41-38(17-1)19-15-26-44(41)47-25-7-12-31-54(47)58(53-32-16-20-39-18-2-4-22-42(39)53)52-30-11-6-23-43(52)40-35-36-46-45-24-5-8-27-48(45)57(51(46)37-40)49-28-9-13-33-55(49)59-56-34-14-10-29-50(56)57/h1-37H. The highest BCUT2D eigenvalue weighted by Gasteiger charge is 2.51. The lowest BCUT2D eigenvalue weighted by Gasteiger charge is -2.39. The van der Waals surface area contributed by atoms with Crippen LogP contribution in [0.5, 0.6) is 11.5 Å². The average molecular weight is 752 g/mol. The topological polar surface area (TPSA) is 12.5 Å². The monoisotopic (exact) mass is 751 g/mol. The van der Waals surface area contributed by atoms with Crippen molar-refractivity contribution in [2.24, 2.45) is 0 Å². The summed E-state index contributed by atoms with van der Waals surface area (Å²) in [6, 6.07) is 81.8. The molecule has 0 saturated carbocycles. The van der Waals surface area contributed by atoms with Gasteiger partial charge in [-0.1, -0.05) is 188 Å².